The van der Waals surface area contributed by atoms with Crippen LogP contribution in [0, 0.1) is 3.70 Å². The molecule has 0 N–H and O–H groups in total. The lowest BCUT2D eigenvalue weighted by Crippen LogP contribution is -2.16. The largest absolute Gasteiger partial charge is 0.493 e. The van der Waals surface area contributed by atoms with Crippen LogP contribution in [0.4, 0.5) is 0 Å². The highest BCUT2D eigenvalue weighted by molar-refractivity contribution is 14.1. The summed E-state index contributed by atoms with van der Waals surface area (Å²) in [4.78, 5) is 16.1. The molecule has 0 aromatic carbocycles. The van der Waals surface area contributed by atoms with E-state index < -0.39 is 0 Å². The predicted molar refractivity (Wildman–Crippen MR) is 79.8 cm³/mol. The van der Waals surface area contributed by atoms with Crippen molar-refractivity contribution >= 4 is 34.2 Å². The van der Waals surface area contributed by atoms with Gasteiger partial charge in [-0.05, 0) is 47.6 Å². The summed E-state index contributed by atoms with van der Waals surface area (Å²) in [7, 11) is 3.01. The minimum Gasteiger partial charge on any atom is -0.493 e. The van der Waals surface area contributed by atoms with Crippen molar-refractivity contribution in [3.63, 3.8) is 0 Å². The van der Waals surface area contributed by atoms with Crippen LogP contribution in [0.5, 0.6) is 5.75 Å². The molecule has 6 nitrogen and oxygen atoms in total. The lowest BCUT2D eigenvalue weighted by Gasteiger charge is -2.08. The minimum atomic E-state index is -0.257. The number of aromatic nitrogens is 3. The molecular weight excluding hydrogens is 373 g/mol. The Labute approximate surface area is 129 Å². The van der Waals surface area contributed by atoms with E-state index in [1.807, 2.05) is 12.1 Å². The Balaban J connectivity index is 2.05. The summed E-state index contributed by atoms with van der Waals surface area (Å²) in [6.45, 7) is 0. The van der Waals surface area contributed by atoms with Crippen molar-refractivity contribution in [2.45, 2.75) is 24.7 Å². The van der Waals surface area contributed by atoms with Crippen LogP contribution < -0.4 is 4.74 Å². The van der Waals surface area contributed by atoms with Crippen molar-refractivity contribution in [2.24, 2.45) is 0 Å². The van der Waals surface area contributed by atoms with Crippen LogP contribution in [0.25, 0.3) is 5.65 Å². The zero-order valence-electron chi connectivity index (χ0n) is 11.2. The number of methoxy groups -OCH3 is 2. The molecular formula is C13H14IN3O3. The third-order valence-electron chi connectivity index (χ3n) is 3.66. The Morgan fingerprint density at radius 2 is 2.20 bits per heavy atom. The zero-order chi connectivity index (χ0) is 14.3. The second-order valence-electron chi connectivity index (χ2n) is 4.93. The smallest absolute Gasteiger partial charge is 0.306 e. The number of carbonyl (C=O) groups excluding carboxylic acids is 1. The molecule has 1 fully saturated rings. The van der Waals surface area contributed by atoms with Gasteiger partial charge in [-0.3, -0.25) is 4.79 Å². The van der Waals surface area contributed by atoms with Crippen molar-refractivity contribution in [3.05, 3.63) is 21.7 Å². The van der Waals surface area contributed by atoms with Gasteiger partial charge < -0.3 is 9.47 Å². The first-order valence-electron chi connectivity index (χ1n) is 6.26. The van der Waals surface area contributed by atoms with E-state index in [2.05, 4.69) is 32.7 Å². The highest BCUT2D eigenvalue weighted by atomic mass is 127. The van der Waals surface area contributed by atoms with E-state index in [1.54, 1.807) is 11.6 Å². The van der Waals surface area contributed by atoms with Crippen LogP contribution in [0.2, 0.25) is 0 Å². The van der Waals surface area contributed by atoms with E-state index in [1.165, 1.54) is 7.11 Å². The molecule has 0 saturated heterocycles. The first kappa shape index (κ1) is 13.6. The Kier molecular flexibility index (Phi) is 3.31. The highest BCUT2D eigenvalue weighted by Gasteiger charge is 2.50. The van der Waals surface area contributed by atoms with Crippen molar-refractivity contribution in [1.82, 2.24) is 14.6 Å². The van der Waals surface area contributed by atoms with Gasteiger partial charge in [-0.15, -0.1) is 5.10 Å². The molecule has 2 aromatic rings. The second kappa shape index (κ2) is 4.87. The Morgan fingerprint density at radius 3 is 2.80 bits per heavy atom. The summed E-state index contributed by atoms with van der Waals surface area (Å²) in [5, 5.41) is 4.55. The van der Waals surface area contributed by atoms with E-state index in [-0.39, 0.29) is 11.4 Å². The van der Waals surface area contributed by atoms with E-state index in [0.717, 1.165) is 16.5 Å². The fourth-order valence-corrected chi connectivity index (χ4v) is 2.79. The zero-order valence-corrected chi connectivity index (χ0v) is 13.4. The van der Waals surface area contributed by atoms with Crippen molar-refractivity contribution in [1.29, 1.82) is 0 Å². The summed E-state index contributed by atoms with van der Waals surface area (Å²) >= 11 is 2.20. The van der Waals surface area contributed by atoms with Gasteiger partial charge in [0.15, 0.2) is 17.2 Å². The van der Waals surface area contributed by atoms with Gasteiger partial charge in [0.1, 0.15) is 3.70 Å². The molecule has 2 aromatic heterocycles. The summed E-state index contributed by atoms with van der Waals surface area (Å²) in [6.07, 6.45) is 2.16. The number of hydrogen-bond acceptors (Lipinski definition) is 5. The maximum absolute atomic E-state index is 11.5. The highest BCUT2D eigenvalue weighted by Crippen LogP contribution is 2.50. The molecule has 0 atom stereocenters. The Morgan fingerprint density at radius 1 is 1.45 bits per heavy atom. The number of ether oxygens (including phenoxy) is 2. The van der Waals surface area contributed by atoms with Gasteiger partial charge in [0.2, 0.25) is 0 Å². The Hall–Kier alpha value is -1.38. The lowest BCUT2D eigenvalue weighted by atomic mass is 10.0. The number of fused-ring (bicyclic) bond motifs is 1. The number of hydrogen-bond donors (Lipinski definition) is 0. The van der Waals surface area contributed by atoms with Crippen LogP contribution in [0.15, 0.2) is 12.1 Å². The van der Waals surface area contributed by atoms with E-state index in [0.29, 0.717) is 23.6 Å². The predicted octanol–water partition coefficient (Wildman–Crippen LogP) is 1.94. The fourth-order valence-electron chi connectivity index (χ4n) is 2.27. The van der Waals surface area contributed by atoms with Crippen LogP contribution in [-0.4, -0.2) is 34.8 Å². The molecule has 0 radical (unpaired) electrons. The number of pyridine rings is 1. The normalized spacial score (nSPS) is 16.1. The SMILES string of the molecule is COC(=O)CC1(c2nc3c(OC)ccc(I)n3n2)CC1. The molecule has 20 heavy (non-hydrogen) atoms. The molecule has 3 rings (SSSR count). The number of nitrogens with zero attached hydrogens (tertiary/aromatic N) is 3. The molecule has 0 spiro atoms. The van der Waals surface area contributed by atoms with E-state index >= 15 is 0 Å². The summed E-state index contributed by atoms with van der Waals surface area (Å²) in [5.74, 6) is 1.16. The van der Waals surface area contributed by atoms with Gasteiger partial charge in [0.05, 0.1) is 20.6 Å². The maximum Gasteiger partial charge on any atom is 0.306 e. The molecule has 0 amide bonds. The van der Waals surface area contributed by atoms with E-state index in [4.69, 9.17) is 9.47 Å². The number of halogens is 1. The van der Waals surface area contributed by atoms with Gasteiger partial charge in [-0.25, -0.2) is 9.50 Å². The third kappa shape index (κ3) is 2.13. The van der Waals surface area contributed by atoms with Crippen molar-refractivity contribution < 1.29 is 14.3 Å². The topological polar surface area (TPSA) is 65.7 Å². The second-order valence-corrected chi connectivity index (χ2v) is 6.03. The molecule has 2 heterocycles. The van der Waals surface area contributed by atoms with Gasteiger partial charge in [0.25, 0.3) is 0 Å². The third-order valence-corrected chi connectivity index (χ3v) is 4.48. The summed E-state index contributed by atoms with van der Waals surface area (Å²) in [6, 6.07) is 3.79. The molecule has 0 aliphatic heterocycles. The molecule has 106 valence electrons. The summed E-state index contributed by atoms with van der Waals surface area (Å²) in [5.41, 5.74) is 0.429. The fraction of sp³-hybridized carbons (Fsp3) is 0.462. The Bertz CT molecular complexity index is 679. The average molecular weight is 387 g/mol. The van der Waals surface area contributed by atoms with Crippen molar-refractivity contribution in [3.8, 4) is 5.75 Å². The van der Waals surface area contributed by atoms with Crippen LogP contribution in [0.3, 0.4) is 0 Å². The van der Waals surface area contributed by atoms with E-state index in [9.17, 15) is 4.79 Å². The van der Waals surface area contributed by atoms with Gasteiger partial charge >= 0.3 is 5.97 Å². The maximum atomic E-state index is 11.5. The number of esters is 1. The van der Waals surface area contributed by atoms with Crippen LogP contribution >= 0.6 is 22.6 Å². The quantitative estimate of drug-likeness (QED) is 0.456. The standard InChI is InChI=1S/C13H14IN3O3/c1-19-8-3-4-9(14)17-11(8)15-12(16-17)13(5-6-13)7-10(18)20-2/h3-4H,5-7H2,1-2H3. The van der Waals surface area contributed by atoms with Gasteiger partial charge in [-0.1, -0.05) is 0 Å². The van der Waals surface area contributed by atoms with Gasteiger partial charge in [0, 0.05) is 5.41 Å². The number of rotatable bonds is 4. The van der Waals surface area contributed by atoms with Gasteiger partial charge in [-0.2, -0.15) is 0 Å². The lowest BCUT2D eigenvalue weighted by molar-refractivity contribution is -0.141. The summed E-state index contributed by atoms with van der Waals surface area (Å²) < 4.78 is 12.8. The molecule has 0 bridgehead atoms. The molecule has 1 saturated carbocycles. The van der Waals surface area contributed by atoms with Crippen molar-refractivity contribution in [2.75, 3.05) is 14.2 Å². The van der Waals surface area contributed by atoms with Crippen LogP contribution in [-0.2, 0) is 14.9 Å². The number of carbonyl (C=O) groups is 1. The van der Waals surface area contributed by atoms with Crippen LogP contribution in [0.1, 0.15) is 25.1 Å². The molecule has 7 heteroatoms. The molecule has 0 unspecified atom stereocenters. The molecule has 1 aliphatic carbocycles. The monoisotopic (exact) mass is 387 g/mol. The first-order chi connectivity index (χ1) is 9.59. The minimum absolute atomic E-state index is 0.219. The first-order valence-corrected chi connectivity index (χ1v) is 7.34. The average Bonchev–Trinajstić information content (AvgIpc) is 3.07. The molecule has 1 aliphatic rings.